The average molecular weight is 307 g/mol. The molecule has 2 rings (SSSR count). The molecule has 0 aliphatic rings. The van der Waals surface area contributed by atoms with Crippen LogP contribution < -0.4 is 5.32 Å². The molecule has 1 amide bonds. The van der Waals surface area contributed by atoms with Gasteiger partial charge in [-0.2, -0.15) is 0 Å². The lowest BCUT2D eigenvalue weighted by Crippen LogP contribution is -2.13. The number of thioether (sulfide) groups is 1. The van der Waals surface area contributed by atoms with Crippen molar-refractivity contribution in [1.29, 1.82) is 0 Å². The molecule has 7 heteroatoms. The number of carbonyl (C=O) groups excluding carboxylic acids is 2. The van der Waals surface area contributed by atoms with E-state index in [1.54, 1.807) is 29.8 Å². The van der Waals surface area contributed by atoms with Crippen molar-refractivity contribution >= 4 is 40.5 Å². The van der Waals surface area contributed by atoms with Gasteiger partial charge in [0.15, 0.2) is 10.1 Å². The number of aromatic nitrogens is 2. The van der Waals surface area contributed by atoms with Gasteiger partial charge < -0.3 is 5.32 Å². The highest BCUT2D eigenvalue weighted by Crippen LogP contribution is 2.26. The van der Waals surface area contributed by atoms with Crippen molar-refractivity contribution < 1.29 is 9.59 Å². The number of nitrogens with zero attached hydrogens (tertiary/aromatic N) is 2. The summed E-state index contributed by atoms with van der Waals surface area (Å²) in [6.07, 6.45) is 0. The number of anilines is 1. The van der Waals surface area contributed by atoms with Crippen molar-refractivity contribution in [2.75, 3.05) is 5.32 Å². The van der Waals surface area contributed by atoms with Gasteiger partial charge in [0.2, 0.25) is 5.91 Å². The summed E-state index contributed by atoms with van der Waals surface area (Å²) >= 11 is 2.81. The molecule has 0 aliphatic carbocycles. The number of Topliss-reactive ketones (excluding diaryl/α,β-unsaturated/α-hetero) is 1. The first kappa shape index (κ1) is 14.7. The topological polar surface area (TPSA) is 72.0 Å². The zero-order chi connectivity index (χ0) is 14.5. The molecule has 0 saturated heterocycles. The molecular weight excluding hydrogens is 294 g/mol. The maximum Gasteiger partial charge on any atom is 0.221 e. The van der Waals surface area contributed by atoms with Gasteiger partial charge >= 0.3 is 0 Å². The lowest BCUT2D eigenvalue weighted by molar-refractivity contribution is -0.114. The minimum absolute atomic E-state index is 0.0274. The quantitative estimate of drug-likeness (QED) is 0.679. The Labute approximate surface area is 124 Å². The molecule has 0 fully saturated rings. The van der Waals surface area contributed by atoms with E-state index in [-0.39, 0.29) is 16.9 Å². The summed E-state index contributed by atoms with van der Waals surface area (Å²) in [6, 6.07) is 6.86. The minimum atomic E-state index is -0.227. The van der Waals surface area contributed by atoms with Crippen LogP contribution in [0.5, 0.6) is 0 Å². The Balaban J connectivity index is 2.03. The van der Waals surface area contributed by atoms with E-state index >= 15 is 0 Å². The zero-order valence-electron chi connectivity index (χ0n) is 11.0. The van der Waals surface area contributed by atoms with Crippen molar-refractivity contribution in [3.63, 3.8) is 0 Å². The van der Waals surface area contributed by atoms with Crippen LogP contribution in [0.15, 0.2) is 34.1 Å². The van der Waals surface area contributed by atoms with Gasteiger partial charge in [-0.05, 0) is 31.2 Å². The number of amides is 1. The predicted octanol–water partition coefficient (Wildman–Crippen LogP) is 2.86. The fraction of sp³-hybridized carbons (Fsp3) is 0.231. The van der Waals surface area contributed by atoms with Crippen LogP contribution in [0.3, 0.4) is 0 Å². The van der Waals surface area contributed by atoms with Gasteiger partial charge in [-0.15, -0.1) is 10.2 Å². The SMILES string of the molecule is CC(=O)Nc1ccc(C(=O)[C@H](C)Sc2nncs2)cc1. The fourth-order valence-corrected chi connectivity index (χ4v) is 3.28. The highest BCUT2D eigenvalue weighted by Gasteiger charge is 2.17. The van der Waals surface area contributed by atoms with Gasteiger partial charge in [0.1, 0.15) is 5.51 Å². The molecule has 0 radical (unpaired) electrons. The molecule has 1 aromatic heterocycles. The second-order valence-electron chi connectivity index (χ2n) is 4.09. The normalized spacial score (nSPS) is 11.9. The van der Waals surface area contributed by atoms with Crippen LogP contribution in [0.25, 0.3) is 0 Å². The molecule has 0 spiro atoms. The maximum atomic E-state index is 12.3. The maximum absolute atomic E-state index is 12.3. The number of hydrogen-bond acceptors (Lipinski definition) is 6. The number of ketones is 1. The van der Waals surface area contributed by atoms with Gasteiger partial charge in [0.05, 0.1) is 5.25 Å². The molecule has 0 saturated carbocycles. The highest BCUT2D eigenvalue weighted by molar-refractivity contribution is 8.02. The number of rotatable bonds is 5. The van der Waals surface area contributed by atoms with Crippen molar-refractivity contribution in [2.45, 2.75) is 23.4 Å². The van der Waals surface area contributed by atoms with E-state index in [0.717, 1.165) is 4.34 Å². The van der Waals surface area contributed by atoms with Crippen LogP contribution in [0.4, 0.5) is 5.69 Å². The van der Waals surface area contributed by atoms with Gasteiger partial charge in [-0.25, -0.2) is 0 Å². The van der Waals surface area contributed by atoms with Crippen molar-refractivity contribution in [3.05, 3.63) is 35.3 Å². The Kier molecular flexibility index (Phi) is 4.86. The Morgan fingerprint density at radius 2 is 2.00 bits per heavy atom. The molecule has 1 aromatic carbocycles. The molecule has 20 heavy (non-hydrogen) atoms. The molecule has 1 heterocycles. The third-order valence-corrected chi connectivity index (χ3v) is 4.39. The number of nitrogens with one attached hydrogen (secondary N) is 1. The van der Waals surface area contributed by atoms with Crippen molar-refractivity contribution in [1.82, 2.24) is 10.2 Å². The average Bonchev–Trinajstić information content (AvgIpc) is 2.91. The third kappa shape index (κ3) is 3.88. The molecule has 0 aliphatic heterocycles. The lowest BCUT2D eigenvalue weighted by Gasteiger charge is -2.09. The smallest absolute Gasteiger partial charge is 0.221 e. The monoisotopic (exact) mass is 307 g/mol. The molecule has 0 bridgehead atoms. The summed E-state index contributed by atoms with van der Waals surface area (Å²) in [5.41, 5.74) is 2.93. The first-order chi connectivity index (χ1) is 9.56. The molecular formula is C13H13N3O2S2. The first-order valence-electron chi connectivity index (χ1n) is 5.91. The number of carbonyl (C=O) groups is 2. The molecule has 5 nitrogen and oxygen atoms in total. The van der Waals surface area contributed by atoms with Crippen LogP contribution in [0.2, 0.25) is 0 Å². The van der Waals surface area contributed by atoms with E-state index < -0.39 is 0 Å². The summed E-state index contributed by atoms with van der Waals surface area (Å²) in [5.74, 6) is -0.108. The summed E-state index contributed by atoms with van der Waals surface area (Å²) in [4.78, 5) is 23.2. The number of benzene rings is 1. The molecule has 1 atom stereocenters. The van der Waals surface area contributed by atoms with E-state index in [9.17, 15) is 9.59 Å². The standard InChI is InChI=1S/C13H13N3O2S2/c1-8(20-13-16-14-7-19-13)12(18)10-3-5-11(6-4-10)15-9(2)17/h3-8H,1-2H3,(H,15,17)/t8-/m0/s1. The van der Waals surface area contributed by atoms with Crippen LogP contribution in [0, 0.1) is 0 Å². The van der Waals surface area contributed by atoms with Crippen LogP contribution in [-0.2, 0) is 4.79 Å². The lowest BCUT2D eigenvalue weighted by atomic mass is 10.1. The summed E-state index contributed by atoms with van der Waals surface area (Å²) in [5, 5.41) is 10.1. The summed E-state index contributed by atoms with van der Waals surface area (Å²) < 4.78 is 0.778. The van der Waals surface area contributed by atoms with Gasteiger partial charge in [-0.3, -0.25) is 9.59 Å². The van der Waals surface area contributed by atoms with E-state index in [4.69, 9.17) is 0 Å². The largest absolute Gasteiger partial charge is 0.326 e. The molecule has 1 N–H and O–H groups in total. The molecule has 2 aromatic rings. The second kappa shape index (κ2) is 6.62. The summed E-state index contributed by atoms with van der Waals surface area (Å²) in [6.45, 7) is 3.29. The highest BCUT2D eigenvalue weighted by atomic mass is 32.2. The van der Waals surface area contributed by atoms with Crippen LogP contribution >= 0.6 is 23.1 Å². The third-order valence-electron chi connectivity index (χ3n) is 2.48. The number of hydrogen-bond donors (Lipinski definition) is 1. The van der Waals surface area contributed by atoms with Crippen molar-refractivity contribution in [2.24, 2.45) is 0 Å². The Bertz CT molecular complexity index is 597. The van der Waals surface area contributed by atoms with Crippen LogP contribution in [0.1, 0.15) is 24.2 Å². The predicted molar refractivity (Wildman–Crippen MR) is 80.3 cm³/mol. The Morgan fingerprint density at radius 3 is 2.55 bits per heavy atom. The fourth-order valence-electron chi connectivity index (χ4n) is 1.57. The Hall–Kier alpha value is -1.73. The Morgan fingerprint density at radius 1 is 1.30 bits per heavy atom. The van der Waals surface area contributed by atoms with Crippen LogP contribution in [-0.4, -0.2) is 27.1 Å². The molecule has 0 unspecified atom stereocenters. The van der Waals surface area contributed by atoms with E-state index in [1.165, 1.54) is 30.0 Å². The minimum Gasteiger partial charge on any atom is -0.326 e. The summed E-state index contributed by atoms with van der Waals surface area (Å²) in [7, 11) is 0. The second-order valence-corrected chi connectivity index (χ2v) is 6.51. The van der Waals surface area contributed by atoms with Crippen molar-refractivity contribution in [3.8, 4) is 0 Å². The van der Waals surface area contributed by atoms with E-state index in [1.807, 2.05) is 6.92 Å². The molecule has 104 valence electrons. The van der Waals surface area contributed by atoms with E-state index in [2.05, 4.69) is 15.5 Å². The van der Waals surface area contributed by atoms with Gasteiger partial charge in [-0.1, -0.05) is 23.1 Å². The van der Waals surface area contributed by atoms with Gasteiger partial charge in [0.25, 0.3) is 0 Å². The first-order valence-corrected chi connectivity index (χ1v) is 7.67. The zero-order valence-corrected chi connectivity index (χ0v) is 12.6. The van der Waals surface area contributed by atoms with E-state index in [0.29, 0.717) is 11.3 Å². The van der Waals surface area contributed by atoms with Gasteiger partial charge in [0, 0.05) is 18.2 Å².